The fourth-order valence-corrected chi connectivity index (χ4v) is 12.7. The maximum absolute atomic E-state index is 13.8. The van der Waals surface area contributed by atoms with Crippen molar-refractivity contribution < 1.29 is 19.3 Å². The molecule has 0 bridgehead atoms. The highest BCUT2D eigenvalue weighted by atomic mass is 32.2. The Bertz CT molecular complexity index is 2630. The number of aromatic nitrogens is 2. The minimum absolute atomic E-state index is 0.317. The molecule has 7 aromatic rings. The summed E-state index contributed by atoms with van der Waals surface area (Å²) in [6.45, 7) is -0.317. The van der Waals surface area contributed by atoms with E-state index in [-0.39, 0.29) is 6.61 Å². The van der Waals surface area contributed by atoms with E-state index in [1.165, 1.54) is 16.8 Å². The smallest absolute Gasteiger partial charge is 0.330 e. The van der Waals surface area contributed by atoms with E-state index in [2.05, 4.69) is 53.5 Å². The summed E-state index contributed by atoms with van der Waals surface area (Å²) in [4.78, 5) is 28.7. The third-order valence-electron chi connectivity index (χ3n) is 11.1. The molecule has 1 fully saturated rings. The molecule has 282 valence electrons. The van der Waals surface area contributed by atoms with E-state index in [0.29, 0.717) is 0 Å². The van der Waals surface area contributed by atoms with E-state index in [0.717, 1.165) is 56.4 Å². The third kappa shape index (κ3) is 5.69. The quantitative estimate of drug-likeness (QED) is 0.158. The van der Waals surface area contributed by atoms with E-state index >= 15 is 0 Å². The molecule has 3 aliphatic heterocycles. The number of rotatable bonds is 8. The molecule has 0 radical (unpaired) electrons. The van der Waals surface area contributed by atoms with Crippen LogP contribution in [0.25, 0.3) is 0 Å². The van der Waals surface area contributed by atoms with Crippen molar-refractivity contribution in [3.63, 3.8) is 0 Å². The Balaban J connectivity index is 1.25. The molecule has 0 amide bonds. The molecule has 4 heterocycles. The number of nitrogens with zero attached hydrogens (tertiary/aromatic N) is 1. The normalized spacial score (nSPS) is 20.9. The first-order chi connectivity index (χ1) is 28.0. The number of aliphatic hydroxyl groups excluding tert-OH is 1. The molecular weight excluding hydrogens is 753 g/mol. The van der Waals surface area contributed by atoms with Gasteiger partial charge in [-0.05, 0) is 35.4 Å². The molecule has 3 aliphatic rings. The fraction of sp³-hybridized carbons (Fsp3) is 0.149. The number of thioether (sulfide) groups is 2. The molecule has 1 aromatic heterocycles. The van der Waals surface area contributed by atoms with Crippen molar-refractivity contribution in [1.29, 1.82) is 0 Å². The number of hydrogen-bond acceptors (Lipinski definition) is 8. The van der Waals surface area contributed by atoms with Crippen molar-refractivity contribution in [2.24, 2.45) is 0 Å². The van der Waals surface area contributed by atoms with E-state index in [1.807, 2.05) is 109 Å². The van der Waals surface area contributed by atoms with E-state index in [1.54, 1.807) is 23.5 Å². The number of hydrogen-bond donors (Lipinski definition) is 2. The second-order valence-corrected chi connectivity index (χ2v) is 17.0. The van der Waals surface area contributed by atoms with Crippen LogP contribution in [0.3, 0.4) is 0 Å². The van der Waals surface area contributed by atoms with Gasteiger partial charge in [0.1, 0.15) is 23.0 Å². The predicted octanol–water partition coefficient (Wildman–Crippen LogP) is 8.83. The zero-order valence-corrected chi connectivity index (χ0v) is 32.1. The topological polar surface area (TPSA) is 103 Å². The Hall–Kier alpha value is -5.78. The van der Waals surface area contributed by atoms with Crippen LogP contribution < -0.4 is 20.7 Å². The van der Waals surface area contributed by atoms with Crippen LogP contribution in [0.4, 0.5) is 0 Å². The maximum Gasteiger partial charge on any atom is 0.330 e. The zero-order chi connectivity index (χ0) is 38.6. The lowest BCUT2D eigenvalue weighted by Gasteiger charge is -2.45. The lowest BCUT2D eigenvalue weighted by Crippen LogP contribution is -2.42. The highest BCUT2D eigenvalue weighted by Gasteiger charge is 2.57. The number of aliphatic hydroxyl groups is 1. The van der Waals surface area contributed by atoms with Crippen LogP contribution in [0, 0.1) is 0 Å². The van der Waals surface area contributed by atoms with Crippen molar-refractivity contribution in [3.8, 4) is 23.0 Å². The zero-order valence-electron chi connectivity index (χ0n) is 30.4. The van der Waals surface area contributed by atoms with Crippen molar-refractivity contribution >= 4 is 23.5 Å². The summed E-state index contributed by atoms with van der Waals surface area (Å²) in [6.07, 6.45) is -0.152. The molecule has 1 saturated heterocycles. The average Bonchev–Trinajstić information content (AvgIpc) is 3.59. The van der Waals surface area contributed by atoms with Gasteiger partial charge in [-0.3, -0.25) is 14.3 Å². The van der Waals surface area contributed by atoms with Gasteiger partial charge in [0, 0.05) is 34.5 Å². The van der Waals surface area contributed by atoms with Gasteiger partial charge in [-0.1, -0.05) is 133 Å². The monoisotopic (exact) mass is 788 g/mol. The number of H-pyrrole nitrogens is 1. The highest BCUT2D eigenvalue weighted by Crippen LogP contribution is 2.65. The Morgan fingerprint density at radius 2 is 0.947 bits per heavy atom. The minimum atomic E-state index is -0.907. The largest absolute Gasteiger partial charge is 0.457 e. The van der Waals surface area contributed by atoms with Gasteiger partial charge in [0.15, 0.2) is 6.23 Å². The molecule has 6 aromatic carbocycles. The van der Waals surface area contributed by atoms with Gasteiger partial charge in [0.05, 0.1) is 32.7 Å². The van der Waals surface area contributed by atoms with E-state index in [9.17, 15) is 14.7 Å². The number of benzene rings is 6. The summed E-state index contributed by atoms with van der Waals surface area (Å²) in [7, 11) is 0. The summed E-state index contributed by atoms with van der Waals surface area (Å²) in [5.41, 5.74) is 4.76. The second kappa shape index (κ2) is 14.3. The summed E-state index contributed by atoms with van der Waals surface area (Å²) in [5, 5.41) is 10.4. The summed E-state index contributed by atoms with van der Waals surface area (Å²) < 4.78 is 19.9. The fourth-order valence-electron chi connectivity index (χ4n) is 8.65. The number of aromatic amines is 1. The third-order valence-corrected chi connectivity index (χ3v) is 15.0. The van der Waals surface area contributed by atoms with Crippen molar-refractivity contribution in [2.75, 3.05) is 6.61 Å². The molecule has 4 atom stereocenters. The van der Waals surface area contributed by atoms with Crippen LogP contribution in [0.1, 0.15) is 39.6 Å². The molecule has 0 spiro atoms. The molecule has 2 N–H and O–H groups in total. The summed E-state index contributed by atoms with van der Waals surface area (Å²) in [5.74, 6) is 2.91. The van der Waals surface area contributed by atoms with Crippen LogP contribution in [0.15, 0.2) is 180 Å². The lowest BCUT2D eigenvalue weighted by molar-refractivity contribution is -0.0226. The average molecular weight is 789 g/mol. The van der Waals surface area contributed by atoms with Gasteiger partial charge >= 0.3 is 5.69 Å². The van der Waals surface area contributed by atoms with Crippen LogP contribution in [0.5, 0.6) is 23.0 Å². The van der Waals surface area contributed by atoms with Gasteiger partial charge in [-0.15, -0.1) is 23.5 Å². The molecule has 1 unspecified atom stereocenters. The van der Waals surface area contributed by atoms with Gasteiger partial charge < -0.3 is 19.3 Å². The second-order valence-electron chi connectivity index (χ2n) is 14.2. The SMILES string of the molecule is O=c1ccn([C@@H]2O[C@H](CO)C(SC3(c4ccccc4)c4ccccc4Oc4ccccc43)[C@@H]2SC2(c3ccccc3)c3ccccc3Oc3ccccc32)c(=O)[nH]1. The predicted molar refractivity (Wildman–Crippen MR) is 224 cm³/mol. The van der Waals surface area contributed by atoms with Gasteiger partial charge in [0.2, 0.25) is 0 Å². The Kier molecular flexibility index (Phi) is 8.94. The maximum atomic E-state index is 13.8. The van der Waals surface area contributed by atoms with Crippen LogP contribution in [-0.2, 0) is 14.2 Å². The first-order valence-electron chi connectivity index (χ1n) is 18.8. The number of para-hydroxylation sites is 4. The summed E-state index contributed by atoms with van der Waals surface area (Å²) in [6, 6.07) is 54.4. The number of fused-ring (bicyclic) bond motifs is 4. The molecule has 0 saturated carbocycles. The van der Waals surface area contributed by atoms with Gasteiger partial charge in [0.25, 0.3) is 5.56 Å². The Labute approximate surface area is 337 Å². The molecule has 57 heavy (non-hydrogen) atoms. The summed E-state index contributed by atoms with van der Waals surface area (Å²) >= 11 is 3.39. The number of nitrogens with one attached hydrogen (secondary N) is 1. The Morgan fingerprint density at radius 1 is 0.544 bits per heavy atom. The molecule has 10 heteroatoms. The first kappa shape index (κ1) is 35.6. The van der Waals surface area contributed by atoms with E-state index < -0.39 is 43.6 Å². The highest BCUT2D eigenvalue weighted by molar-refractivity contribution is 8.05. The molecular formula is C47H36N2O6S2. The lowest BCUT2D eigenvalue weighted by atomic mass is 9.81. The van der Waals surface area contributed by atoms with Crippen LogP contribution >= 0.6 is 23.5 Å². The minimum Gasteiger partial charge on any atom is -0.457 e. The number of ether oxygens (including phenoxy) is 3. The standard InChI is InChI=1S/C47H36N2O6S2/c50-29-40-42(56-46(30-15-3-1-4-16-30)32-19-7-11-23-36(32)53-37-24-12-8-20-33(37)46)43(44(55-40)49-28-27-41(51)48-45(49)52)57-47(31-17-5-2-6-18-31)34-21-9-13-25-38(34)54-39-26-14-10-22-35(39)47/h1-28,40,42-44,50H,29H2,(H,48,51,52)/t40-,42?,43+,44-/m1/s1. The first-order valence-corrected chi connectivity index (χ1v) is 20.6. The molecule has 8 nitrogen and oxygen atoms in total. The van der Waals surface area contributed by atoms with Crippen molar-refractivity contribution in [3.05, 3.63) is 224 Å². The van der Waals surface area contributed by atoms with Crippen molar-refractivity contribution in [1.82, 2.24) is 9.55 Å². The van der Waals surface area contributed by atoms with Gasteiger partial charge in [-0.25, -0.2) is 4.79 Å². The van der Waals surface area contributed by atoms with Gasteiger partial charge in [-0.2, -0.15) is 0 Å². The van der Waals surface area contributed by atoms with Crippen LogP contribution in [0.2, 0.25) is 0 Å². The van der Waals surface area contributed by atoms with Crippen LogP contribution in [-0.4, -0.2) is 37.9 Å². The van der Waals surface area contributed by atoms with E-state index in [4.69, 9.17) is 14.2 Å². The molecule has 10 rings (SSSR count). The van der Waals surface area contributed by atoms with Crippen molar-refractivity contribution in [2.45, 2.75) is 32.3 Å². The molecule has 0 aliphatic carbocycles. The Morgan fingerprint density at radius 3 is 1.37 bits per heavy atom.